The third-order valence-electron chi connectivity index (χ3n) is 3.69. The molecule has 1 aromatic carbocycles. The van der Waals surface area contributed by atoms with Gasteiger partial charge in [0.25, 0.3) is 0 Å². The van der Waals surface area contributed by atoms with E-state index < -0.39 is 6.61 Å². The van der Waals surface area contributed by atoms with Crippen molar-refractivity contribution in [3.63, 3.8) is 0 Å². The van der Waals surface area contributed by atoms with E-state index >= 15 is 0 Å². The van der Waals surface area contributed by atoms with Crippen LogP contribution in [0.2, 0.25) is 0 Å². The second-order valence-electron chi connectivity index (χ2n) is 5.25. The smallest absolute Gasteiger partial charge is 0.387 e. The van der Waals surface area contributed by atoms with Gasteiger partial charge in [-0.15, -0.1) is 0 Å². The van der Waals surface area contributed by atoms with Gasteiger partial charge in [-0.3, -0.25) is 9.69 Å². The molecule has 1 aliphatic heterocycles. The predicted octanol–water partition coefficient (Wildman–Crippen LogP) is 1.36. The van der Waals surface area contributed by atoms with Crippen molar-refractivity contribution in [3.05, 3.63) is 29.8 Å². The number of aliphatic hydroxyl groups excluding tert-OH is 1. The van der Waals surface area contributed by atoms with Gasteiger partial charge in [0, 0.05) is 12.6 Å². The quantitative estimate of drug-likeness (QED) is 0.798. The van der Waals surface area contributed by atoms with Crippen molar-refractivity contribution in [2.24, 2.45) is 0 Å². The highest BCUT2D eigenvalue weighted by Crippen LogP contribution is 2.16. The minimum Gasteiger partial charge on any atom is -0.435 e. The van der Waals surface area contributed by atoms with Crippen LogP contribution in [0.4, 0.5) is 8.78 Å². The van der Waals surface area contributed by atoms with E-state index in [1.54, 1.807) is 12.1 Å². The Hall–Kier alpha value is -1.73. The summed E-state index contributed by atoms with van der Waals surface area (Å²) in [4.78, 5) is 13.9. The highest BCUT2D eigenvalue weighted by Gasteiger charge is 2.25. The van der Waals surface area contributed by atoms with Crippen molar-refractivity contribution in [2.45, 2.75) is 32.0 Å². The van der Waals surface area contributed by atoms with Crippen LogP contribution in [0.3, 0.4) is 0 Å². The number of benzene rings is 1. The number of aliphatic hydroxyl groups is 1. The van der Waals surface area contributed by atoms with Crippen molar-refractivity contribution >= 4 is 5.91 Å². The third kappa shape index (κ3) is 4.92. The highest BCUT2D eigenvalue weighted by molar-refractivity contribution is 5.78. The van der Waals surface area contributed by atoms with E-state index in [-0.39, 0.29) is 30.9 Å². The topological polar surface area (TPSA) is 61.8 Å². The number of carbonyl (C=O) groups excluding carboxylic acids is 1. The number of likely N-dealkylation sites (tertiary alicyclic amines) is 1. The number of hydrogen-bond acceptors (Lipinski definition) is 4. The van der Waals surface area contributed by atoms with Gasteiger partial charge in [-0.05, 0) is 37.1 Å². The second-order valence-corrected chi connectivity index (χ2v) is 5.25. The molecule has 0 bridgehead atoms. The van der Waals surface area contributed by atoms with Crippen LogP contribution in [-0.4, -0.2) is 48.3 Å². The zero-order valence-corrected chi connectivity index (χ0v) is 12.2. The molecule has 1 aliphatic rings. The predicted molar refractivity (Wildman–Crippen MR) is 76.6 cm³/mol. The summed E-state index contributed by atoms with van der Waals surface area (Å²) in [5, 5.41) is 12.0. The fourth-order valence-electron chi connectivity index (χ4n) is 2.54. The average Bonchev–Trinajstić information content (AvgIpc) is 2.93. The zero-order valence-electron chi connectivity index (χ0n) is 12.2. The maximum Gasteiger partial charge on any atom is 0.387 e. The molecule has 5 nitrogen and oxygen atoms in total. The number of amides is 1. The number of nitrogens with one attached hydrogen (secondary N) is 1. The van der Waals surface area contributed by atoms with E-state index in [1.165, 1.54) is 12.1 Å². The summed E-state index contributed by atoms with van der Waals surface area (Å²) in [5.41, 5.74) is 0.801. The molecule has 122 valence electrons. The SMILES string of the molecule is O=C(CN1CCC[C@@H]1CO)NCc1ccc(OC(F)F)cc1. The first-order valence-corrected chi connectivity index (χ1v) is 7.24. The summed E-state index contributed by atoms with van der Waals surface area (Å²) in [6, 6.07) is 6.21. The summed E-state index contributed by atoms with van der Waals surface area (Å²) in [7, 11) is 0. The maximum absolute atomic E-state index is 12.0. The van der Waals surface area contributed by atoms with Gasteiger partial charge < -0.3 is 15.2 Å². The lowest BCUT2D eigenvalue weighted by atomic mass is 10.2. The van der Waals surface area contributed by atoms with Crippen LogP contribution >= 0.6 is 0 Å². The highest BCUT2D eigenvalue weighted by atomic mass is 19.3. The third-order valence-corrected chi connectivity index (χ3v) is 3.69. The van der Waals surface area contributed by atoms with Crippen molar-refractivity contribution in [1.29, 1.82) is 0 Å². The lowest BCUT2D eigenvalue weighted by molar-refractivity contribution is -0.122. The van der Waals surface area contributed by atoms with Crippen LogP contribution in [0.15, 0.2) is 24.3 Å². The van der Waals surface area contributed by atoms with Crippen LogP contribution in [0.1, 0.15) is 18.4 Å². The molecule has 1 saturated heterocycles. The summed E-state index contributed by atoms with van der Waals surface area (Å²) < 4.78 is 28.3. The van der Waals surface area contributed by atoms with Gasteiger partial charge in [0.2, 0.25) is 5.91 Å². The first-order chi connectivity index (χ1) is 10.6. The van der Waals surface area contributed by atoms with E-state index in [4.69, 9.17) is 0 Å². The summed E-state index contributed by atoms with van der Waals surface area (Å²) in [5.74, 6) is -0.0267. The average molecular weight is 314 g/mol. The fraction of sp³-hybridized carbons (Fsp3) is 0.533. The number of carbonyl (C=O) groups is 1. The van der Waals surface area contributed by atoms with E-state index in [9.17, 15) is 18.7 Å². The standard InChI is InChI=1S/C15H20F2N2O3/c16-15(17)22-13-5-3-11(4-6-13)8-18-14(21)9-19-7-1-2-12(19)10-20/h3-6,12,15,20H,1-2,7-10H2,(H,18,21)/t12-/m1/s1. The lowest BCUT2D eigenvalue weighted by Crippen LogP contribution is -2.40. The minimum atomic E-state index is -2.84. The molecule has 7 heteroatoms. The Kier molecular flexibility index (Phi) is 6.09. The molecular weight excluding hydrogens is 294 g/mol. The van der Waals surface area contributed by atoms with Crippen molar-refractivity contribution in [3.8, 4) is 5.75 Å². The molecule has 0 saturated carbocycles. The molecule has 2 N–H and O–H groups in total. The summed E-state index contributed by atoms with van der Waals surface area (Å²) in [6.45, 7) is -1.37. The van der Waals surface area contributed by atoms with E-state index in [0.717, 1.165) is 24.9 Å². The first kappa shape index (κ1) is 16.6. The molecule has 1 amide bonds. The van der Waals surface area contributed by atoms with Crippen molar-refractivity contribution in [1.82, 2.24) is 10.2 Å². The van der Waals surface area contributed by atoms with Crippen LogP contribution in [0, 0.1) is 0 Å². The molecule has 22 heavy (non-hydrogen) atoms. The number of nitrogens with zero attached hydrogens (tertiary/aromatic N) is 1. The van der Waals surface area contributed by atoms with Crippen molar-refractivity contribution < 1.29 is 23.4 Å². The second kappa shape index (κ2) is 8.05. The summed E-state index contributed by atoms with van der Waals surface area (Å²) >= 11 is 0. The summed E-state index contributed by atoms with van der Waals surface area (Å²) in [6.07, 6.45) is 1.90. The first-order valence-electron chi connectivity index (χ1n) is 7.24. The lowest BCUT2D eigenvalue weighted by Gasteiger charge is -2.21. The van der Waals surface area contributed by atoms with Gasteiger partial charge in [0.1, 0.15) is 5.75 Å². The molecule has 1 heterocycles. The number of alkyl halides is 2. The van der Waals surface area contributed by atoms with Crippen LogP contribution in [-0.2, 0) is 11.3 Å². The Morgan fingerprint density at radius 1 is 1.41 bits per heavy atom. The molecule has 0 radical (unpaired) electrons. The Morgan fingerprint density at radius 3 is 2.77 bits per heavy atom. The number of rotatable bonds is 7. The Bertz CT molecular complexity index is 482. The van der Waals surface area contributed by atoms with Gasteiger partial charge in [-0.1, -0.05) is 12.1 Å². The van der Waals surface area contributed by atoms with Gasteiger partial charge in [-0.2, -0.15) is 8.78 Å². The van der Waals surface area contributed by atoms with Gasteiger partial charge in [0.05, 0.1) is 13.2 Å². The van der Waals surface area contributed by atoms with Gasteiger partial charge in [0.15, 0.2) is 0 Å². The largest absolute Gasteiger partial charge is 0.435 e. The Balaban J connectivity index is 1.76. The minimum absolute atomic E-state index is 0.0662. The van der Waals surface area contributed by atoms with E-state index in [0.29, 0.717) is 6.54 Å². The molecular formula is C15H20F2N2O3. The Morgan fingerprint density at radius 2 is 2.14 bits per heavy atom. The van der Waals surface area contributed by atoms with Crippen LogP contribution in [0.5, 0.6) is 5.75 Å². The van der Waals surface area contributed by atoms with Gasteiger partial charge >= 0.3 is 6.61 Å². The molecule has 1 aromatic rings. The number of halogens is 2. The molecule has 0 unspecified atom stereocenters. The normalized spacial score (nSPS) is 18.6. The Labute approximate surface area is 127 Å². The number of ether oxygens (including phenoxy) is 1. The maximum atomic E-state index is 12.0. The molecule has 1 atom stereocenters. The van der Waals surface area contributed by atoms with Crippen LogP contribution in [0.25, 0.3) is 0 Å². The fourth-order valence-corrected chi connectivity index (χ4v) is 2.54. The van der Waals surface area contributed by atoms with Crippen LogP contribution < -0.4 is 10.1 Å². The molecule has 0 aliphatic carbocycles. The number of hydrogen-bond donors (Lipinski definition) is 2. The van der Waals surface area contributed by atoms with E-state index in [1.807, 2.05) is 4.90 Å². The van der Waals surface area contributed by atoms with Crippen molar-refractivity contribution in [2.75, 3.05) is 19.7 Å². The molecule has 0 spiro atoms. The molecule has 1 fully saturated rings. The monoisotopic (exact) mass is 314 g/mol. The van der Waals surface area contributed by atoms with Gasteiger partial charge in [-0.25, -0.2) is 0 Å². The van der Waals surface area contributed by atoms with E-state index in [2.05, 4.69) is 10.1 Å². The zero-order chi connectivity index (χ0) is 15.9. The molecule has 2 rings (SSSR count). The molecule has 0 aromatic heterocycles.